The van der Waals surface area contributed by atoms with Gasteiger partial charge in [0.15, 0.2) is 5.17 Å². The SMILES string of the molecule is C=CCN1C(=O)C(CC(=O)Nc2ccc(F)cc2F)SC1=Nc1ccccc1C. The van der Waals surface area contributed by atoms with Crippen LogP contribution < -0.4 is 5.32 Å². The smallest absolute Gasteiger partial charge is 0.242 e. The van der Waals surface area contributed by atoms with E-state index in [4.69, 9.17) is 0 Å². The summed E-state index contributed by atoms with van der Waals surface area (Å²) in [7, 11) is 0. The van der Waals surface area contributed by atoms with E-state index in [-0.39, 0.29) is 24.6 Å². The van der Waals surface area contributed by atoms with Crippen LogP contribution in [0.4, 0.5) is 20.2 Å². The Kier molecular flexibility index (Phi) is 6.43. The van der Waals surface area contributed by atoms with E-state index in [1.807, 2.05) is 31.2 Å². The van der Waals surface area contributed by atoms with E-state index in [0.717, 1.165) is 23.4 Å². The molecule has 1 saturated heterocycles. The molecule has 1 fully saturated rings. The van der Waals surface area contributed by atoms with Crippen molar-refractivity contribution >= 4 is 40.1 Å². The average Bonchev–Trinajstić information content (AvgIpc) is 2.95. The zero-order valence-corrected chi connectivity index (χ0v) is 16.5. The summed E-state index contributed by atoms with van der Waals surface area (Å²) in [6.07, 6.45) is 1.42. The highest BCUT2D eigenvalue weighted by Crippen LogP contribution is 2.32. The Morgan fingerprint density at radius 1 is 1.31 bits per heavy atom. The van der Waals surface area contributed by atoms with Crippen LogP contribution in [0, 0.1) is 18.6 Å². The second-order valence-corrected chi connectivity index (χ2v) is 7.57. The van der Waals surface area contributed by atoms with E-state index in [1.165, 1.54) is 16.7 Å². The van der Waals surface area contributed by atoms with Gasteiger partial charge in [0.1, 0.15) is 16.9 Å². The summed E-state index contributed by atoms with van der Waals surface area (Å²) in [5.41, 5.74) is 1.55. The fraction of sp³-hybridized carbons (Fsp3) is 0.190. The third-order valence-electron chi connectivity index (χ3n) is 4.24. The van der Waals surface area contributed by atoms with Crippen molar-refractivity contribution in [3.05, 3.63) is 72.3 Å². The lowest BCUT2D eigenvalue weighted by Gasteiger charge is -2.14. The molecule has 0 bridgehead atoms. The summed E-state index contributed by atoms with van der Waals surface area (Å²) in [4.78, 5) is 31.1. The third kappa shape index (κ3) is 4.89. The fourth-order valence-corrected chi connectivity index (χ4v) is 3.93. The molecule has 1 atom stereocenters. The number of aryl methyl sites for hydroxylation is 1. The molecule has 0 spiro atoms. The van der Waals surface area contributed by atoms with Crippen molar-refractivity contribution < 1.29 is 18.4 Å². The van der Waals surface area contributed by atoms with E-state index in [2.05, 4.69) is 16.9 Å². The van der Waals surface area contributed by atoms with Gasteiger partial charge in [0.05, 0.1) is 11.4 Å². The molecular formula is C21H19F2N3O2S. The minimum atomic E-state index is -0.876. The first-order valence-corrected chi connectivity index (χ1v) is 9.75. The normalized spacial score (nSPS) is 17.6. The molecule has 29 heavy (non-hydrogen) atoms. The lowest BCUT2D eigenvalue weighted by Crippen LogP contribution is -2.33. The highest BCUT2D eigenvalue weighted by molar-refractivity contribution is 8.15. The first-order valence-electron chi connectivity index (χ1n) is 8.87. The second kappa shape index (κ2) is 9.00. The molecule has 0 aliphatic carbocycles. The number of thioether (sulfide) groups is 1. The van der Waals surface area contributed by atoms with Crippen LogP contribution in [0.15, 0.2) is 60.1 Å². The molecule has 0 saturated carbocycles. The molecule has 2 aromatic rings. The van der Waals surface area contributed by atoms with Crippen LogP contribution in [0.25, 0.3) is 0 Å². The van der Waals surface area contributed by atoms with Crippen molar-refractivity contribution in [2.75, 3.05) is 11.9 Å². The predicted octanol–water partition coefficient (Wildman–Crippen LogP) is 4.42. The van der Waals surface area contributed by atoms with Gasteiger partial charge in [-0.1, -0.05) is 36.0 Å². The maximum atomic E-state index is 13.7. The molecule has 1 unspecified atom stereocenters. The van der Waals surface area contributed by atoms with Gasteiger partial charge in [-0.25, -0.2) is 13.8 Å². The van der Waals surface area contributed by atoms with Gasteiger partial charge in [-0.15, -0.1) is 6.58 Å². The highest BCUT2D eigenvalue weighted by atomic mass is 32.2. The van der Waals surface area contributed by atoms with Gasteiger partial charge < -0.3 is 5.32 Å². The molecule has 0 aromatic heterocycles. The van der Waals surface area contributed by atoms with Crippen molar-refractivity contribution in [2.45, 2.75) is 18.6 Å². The summed E-state index contributed by atoms with van der Waals surface area (Å²) in [6, 6.07) is 10.4. The first-order chi connectivity index (χ1) is 13.9. The first kappa shape index (κ1) is 20.7. The van der Waals surface area contributed by atoms with Gasteiger partial charge in [0, 0.05) is 19.0 Å². The Morgan fingerprint density at radius 3 is 2.76 bits per heavy atom. The number of benzene rings is 2. The molecule has 1 aliphatic rings. The summed E-state index contributed by atoms with van der Waals surface area (Å²) < 4.78 is 26.7. The standard InChI is InChI=1S/C21H19F2N3O2S/c1-3-10-26-20(28)18(29-21(26)25-16-7-5-4-6-13(16)2)12-19(27)24-17-9-8-14(22)11-15(17)23/h3-9,11,18H,1,10,12H2,2H3,(H,24,27). The molecule has 0 radical (unpaired) electrons. The van der Waals surface area contributed by atoms with Gasteiger partial charge in [-0.05, 0) is 30.7 Å². The number of carbonyl (C=O) groups is 2. The zero-order chi connectivity index (χ0) is 21.0. The number of amides is 2. The quantitative estimate of drug-likeness (QED) is 0.711. The van der Waals surface area contributed by atoms with Crippen molar-refractivity contribution in [1.82, 2.24) is 4.90 Å². The van der Waals surface area contributed by atoms with Crippen LogP contribution in [0.3, 0.4) is 0 Å². The Labute approximate surface area is 171 Å². The number of nitrogens with one attached hydrogen (secondary N) is 1. The second-order valence-electron chi connectivity index (χ2n) is 6.40. The summed E-state index contributed by atoms with van der Waals surface area (Å²) >= 11 is 1.18. The van der Waals surface area contributed by atoms with Crippen molar-refractivity contribution in [2.24, 2.45) is 4.99 Å². The van der Waals surface area contributed by atoms with Gasteiger partial charge in [0.25, 0.3) is 0 Å². The molecule has 2 aromatic carbocycles. The van der Waals surface area contributed by atoms with Crippen molar-refractivity contribution in [3.63, 3.8) is 0 Å². The molecule has 5 nitrogen and oxygen atoms in total. The Bertz CT molecular complexity index is 994. The number of aliphatic imine (C=N–C) groups is 1. The van der Waals surface area contributed by atoms with Crippen molar-refractivity contribution in [3.8, 4) is 0 Å². The van der Waals surface area contributed by atoms with Crippen LogP contribution >= 0.6 is 11.8 Å². The van der Waals surface area contributed by atoms with E-state index in [0.29, 0.717) is 11.2 Å². The minimum absolute atomic E-state index is 0.136. The Morgan fingerprint density at radius 2 is 2.07 bits per heavy atom. The number of nitrogens with zero attached hydrogens (tertiary/aromatic N) is 2. The van der Waals surface area contributed by atoms with E-state index >= 15 is 0 Å². The van der Waals surface area contributed by atoms with Crippen LogP contribution in [0.2, 0.25) is 0 Å². The van der Waals surface area contributed by atoms with Crippen molar-refractivity contribution in [1.29, 1.82) is 0 Å². The molecule has 8 heteroatoms. The fourth-order valence-electron chi connectivity index (χ4n) is 2.77. The van der Waals surface area contributed by atoms with E-state index in [1.54, 1.807) is 6.08 Å². The molecule has 150 valence electrons. The summed E-state index contributed by atoms with van der Waals surface area (Å²) in [6.45, 7) is 5.85. The lowest BCUT2D eigenvalue weighted by molar-refractivity contribution is -0.127. The zero-order valence-electron chi connectivity index (χ0n) is 15.7. The average molecular weight is 415 g/mol. The van der Waals surface area contributed by atoms with Crippen LogP contribution in [-0.2, 0) is 9.59 Å². The molecule has 1 N–H and O–H groups in total. The highest BCUT2D eigenvalue weighted by Gasteiger charge is 2.38. The maximum absolute atomic E-state index is 13.7. The van der Waals surface area contributed by atoms with Crippen LogP contribution in [-0.4, -0.2) is 33.7 Å². The Hall–Kier alpha value is -3.00. The van der Waals surface area contributed by atoms with Gasteiger partial charge in [-0.3, -0.25) is 14.5 Å². The number of halogens is 2. The van der Waals surface area contributed by atoms with Gasteiger partial charge >= 0.3 is 0 Å². The topological polar surface area (TPSA) is 61.8 Å². The number of rotatable bonds is 6. The van der Waals surface area contributed by atoms with Crippen LogP contribution in [0.5, 0.6) is 0 Å². The number of anilines is 1. The van der Waals surface area contributed by atoms with E-state index in [9.17, 15) is 18.4 Å². The third-order valence-corrected chi connectivity index (χ3v) is 5.41. The molecule has 1 heterocycles. The van der Waals surface area contributed by atoms with Gasteiger partial charge in [-0.2, -0.15) is 0 Å². The molecule has 3 rings (SSSR count). The number of carbonyl (C=O) groups excluding carboxylic acids is 2. The number of amidine groups is 1. The lowest BCUT2D eigenvalue weighted by atomic mass is 10.2. The maximum Gasteiger partial charge on any atom is 0.242 e. The molecule has 1 aliphatic heterocycles. The number of hydrogen-bond donors (Lipinski definition) is 1. The summed E-state index contributed by atoms with van der Waals surface area (Å²) in [5, 5.41) is 2.17. The number of para-hydroxylation sites is 1. The molecule has 2 amide bonds. The number of hydrogen-bond acceptors (Lipinski definition) is 4. The monoisotopic (exact) mass is 415 g/mol. The van der Waals surface area contributed by atoms with Gasteiger partial charge in [0.2, 0.25) is 11.8 Å². The molecular weight excluding hydrogens is 396 g/mol. The largest absolute Gasteiger partial charge is 0.324 e. The Balaban J connectivity index is 1.76. The van der Waals surface area contributed by atoms with Crippen LogP contribution in [0.1, 0.15) is 12.0 Å². The summed E-state index contributed by atoms with van der Waals surface area (Å²) in [5.74, 6) is -2.42. The van der Waals surface area contributed by atoms with E-state index < -0.39 is 22.8 Å². The minimum Gasteiger partial charge on any atom is -0.324 e. The predicted molar refractivity (Wildman–Crippen MR) is 111 cm³/mol.